The molecule has 2 fully saturated rings. The number of hydrogen-bond donors (Lipinski definition) is 6. The van der Waals surface area contributed by atoms with E-state index in [1.165, 1.54) is 51.9 Å². The van der Waals surface area contributed by atoms with Gasteiger partial charge in [-0.05, 0) is 13.3 Å². The summed E-state index contributed by atoms with van der Waals surface area (Å²) in [5, 5.41) is 61.9. The molecule has 12 nitrogen and oxygen atoms in total. The summed E-state index contributed by atoms with van der Waals surface area (Å²) in [6, 6.07) is 0. The summed E-state index contributed by atoms with van der Waals surface area (Å²) in [6.45, 7) is 4.25. The first-order chi connectivity index (χ1) is 19.1. The molecule has 0 bridgehead atoms. The van der Waals surface area contributed by atoms with E-state index < -0.39 is 80.6 Å². The monoisotopic (exact) mass is 580 g/mol. The van der Waals surface area contributed by atoms with Gasteiger partial charge in [-0.15, -0.1) is 0 Å². The number of hydrogen-bond acceptors (Lipinski definition) is 12. The van der Waals surface area contributed by atoms with Crippen molar-refractivity contribution in [3.63, 3.8) is 0 Å². The quantitative estimate of drug-likeness (QED) is 0.0996. The van der Waals surface area contributed by atoms with Crippen LogP contribution in [0.1, 0.15) is 91.4 Å². The summed E-state index contributed by atoms with van der Waals surface area (Å²) in [5.41, 5.74) is 0. The number of carbonyl (C=O) groups is 1. The van der Waals surface area contributed by atoms with Crippen molar-refractivity contribution in [2.24, 2.45) is 0 Å². The van der Waals surface area contributed by atoms with Gasteiger partial charge in [-0.25, -0.2) is 0 Å². The molecule has 2 rings (SSSR count). The molecule has 0 aromatic heterocycles. The van der Waals surface area contributed by atoms with Gasteiger partial charge in [0.05, 0.1) is 12.7 Å². The second-order valence-electron chi connectivity index (χ2n) is 11.0. The van der Waals surface area contributed by atoms with Crippen LogP contribution in [0.3, 0.4) is 0 Å². The molecule has 40 heavy (non-hydrogen) atoms. The molecule has 2 aliphatic heterocycles. The maximum atomic E-state index is 11.2. The van der Waals surface area contributed by atoms with Gasteiger partial charge in [-0.1, -0.05) is 71.1 Å². The molecule has 0 radical (unpaired) electrons. The average molecular weight is 581 g/mol. The minimum absolute atomic E-state index is 0.312. The summed E-state index contributed by atoms with van der Waals surface area (Å²) in [5.74, 6) is -0.631. The zero-order valence-electron chi connectivity index (χ0n) is 24.2. The van der Waals surface area contributed by atoms with Crippen molar-refractivity contribution in [1.82, 2.24) is 0 Å². The lowest BCUT2D eigenvalue weighted by Crippen LogP contribution is -2.65. The molecule has 0 aliphatic carbocycles. The van der Waals surface area contributed by atoms with Gasteiger partial charge >= 0.3 is 5.97 Å². The van der Waals surface area contributed by atoms with Gasteiger partial charge in [0.15, 0.2) is 12.6 Å². The second-order valence-corrected chi connectivity index (χ2v) is 11.0. The Morgan fingerprint density at radius 1 is 0.750 bits per heavy atom. The Labute approximate surface area is 237 Å². The van der Waals surface area contributed by atoms with Gasteiger partial charge in [-0.3, -0.25) is 4.79 Å². The molecule has 2 aliphatic rings. The van der Waals surface area contributed by atoms with Gasteiger partial charge in [0, 0.05) is 6.92 Å². The predicted octanol–water partition coefficient (Wildman–Crippen LogP) is 0.897. The van der Waals surface area contributed by atoms with Gasteiger partial charge in [0.25, 0.3) is 0 Å². The van der Waals surface area contributed by atoms with Crippen LogP contribution >= 0.6 is 0 Å². The molecule has 0 unspecified atom stereocenters. The van der Waals surface area contributed by atoms with E-state index in [-0.39, 0.29) is 6.10 Å². The Bertz CT molecular complexity index is 696. The van der Waals surface area contributed by atoms with Crippen molar-refractivity contribution in [2.45, 2.75) is 159 Å². The summed E-state index contributed by atoms with van der Waals surface area (Å²) < 4.78 is 27.9. The van der Waals surface area contributed by atoms with E-state index in [4.69, 9.17) is 23.7 Å². The first kappa shape index (κ1) is 35.3. The van der Waals surface area contributed by atoms with E-state index in [2.05, 4.69) is 6.92 Å². The Balaban J connectivity index is 1.92. The Morgan fingerprint density at radius 3 is 1.88 bits per heavy atom. The number of aliphatic hydroxyl groups excluding tert-OH is 6. The molecule has 2 heterocycles. The molecule has 2 saturated heterocycles. The van der Waals surface area contributed by atoms with Crippen LogP contribution in [0.5, 0.6) is 0 Å². The highest BCUT2D eigenvalue weighted by atomic mass is 16.8. The fourth-order valence-corrected chi connectivity index (χ4v) is 5.05. The maximum absolute atomic E-state index is 11.2. The Kier molecular flexibility index (Phi) is 16.4. The second kappa shape index (κ2) is 18.6. The largest absolute Gasteiger partial charge is 0.463 e. The highest BCUT2D eigenvalue weighted by Gasteiger charge is 2.51. The molecular weight excluding hydrogens is 528 g/mol. The smallest absolute Gasteiger partial charge is 0.302 e. The van der Waals surface area contributed by atoms with Crippen molar-refractivity contribution in [3.05, 3.63) is 0 Å². The molecule has 11 atom stereocenters. The number of ether oxygens (including phenoxy) is 5. The molecular formula is C28H52O12. The van der Waals surface area contributed by atoms with Gasteiger partial charge < -0.3 is 54.3 Å². The van der Waals surface area contributed by atoms with Crippen LogP contribution < -0.4 is 0 Å². The SMILES string of the molecule is CCCCCCCCCCCC[C@H](C)O[C@@H]1O[C@H](CO)[C@@H](O)[C@H](O)[C@H]1O[C@@H]1O[C@H](COC(C)=O)[C@@H](O)[C@H](O)[C@H]1O. The van der Waals surface area contributed by atoms with Gasteiger partial charge in [0.2, 0.25) is 0 Å². The van der Waals surface area contributed by atoms with Crippen molar-refractivity contribution < 1.29 is 59.1 Å². The highest BCUT2D eigenvalue weighted by Crippen LogP contribution is 2.31. The van der Waals surface area contributed by atoms with Crippen molar-refractivity contribution in [2.75, 3.05) is 13.2 Å². The third-order valence-corrected chi connectivity index (χ3v) is 7.57. The third kappa shape index (κ3) is 11.0. The summed E-state index contributed by atoms with van der Waals surface area (Å²) in [4.78, 5) is 11.2. The minimum atomic E-state index is -1.73. The lowest BCUT2D eigenvalue weighted by Gasteiger charge is -2.46. The zero-order valence-corrected chi connectivity index (χ0v) is 24.2. The van der Waals surface area contributed by atoms with Gasteiger partial charge in [-0.2, -0.15) is 0 Å². The number of aliphatic hydroxyl groups is 6. The molecule has 6 N–H and O–H groups in total. The van der Waals surface area contributed by atoms with E-state index in [1.807, 2.05) is 6.92 Å². The molecule has 0 spiro atoms. The summed E-state index contributed by atoms with van der Waals surface area (Å²) in [7, 11) is 0. The van der Waals surface area contributed by atoms with E-state index >= 15 is 0 Å². The summed E-state index contributed by atoms with van der Waals surface area (Å²) in [6.07, 6.45) is -2.25. The normalized spacial score (nSPS) is 35.4. The lowest BCUT2D eigenvalue weighted by molar-refractivity contribution is -0.371. The molecule has 12 heteroatoms. The number of rotatable bonds is 18. The fourth-order valence-electron chi connectivity index (χ4n) is 5.05. The van der Waals surface area contributed by atoms with E-state index in [0.717, 1.165) is 19.3 Å². The standard InChI is InChI=1S/C28H52O12/c1-4-5-6-7-8-9-10-11-12-13-14-17(2)37-28-26(24(34)21(31)19(15-29)38-28)40-27-25(35)23(33)22(32)20(39-27)16-36-18(3)30/h17,19-29,31-35H,4-16H2,1-3H3/t17-,19+,20+,21+,22+,23-,24-,25+,26+,27-,28+/m0/s1. The number of carbonyl (C=O) groups excluding carboxylic acids is 1. The van der Waals surface area contributed by atoms with E-state index in [0.29, 0.717) is 6.42 Å². The first-order valence-corrected chi connectivity index (χ1v) is 14.9. The number of unbranched alkanes of at least 4 members (excludes halogenated alkanes) is 9. The van der Waals surface area contributed by atoms with Crippen LogP contribution in [0, 0.1) is 0 Å². The lowest BCUT2D eigenvalue weighted by atomic mass is 9.97. The van der Waals surface area contributed by atoms with Crippen molar-refractivity contribution >= 4 is 5.97 Å². The van der Waals surface area contributed by atoms with Crippen LogP contribution in [0.15, 0.2) is 0 Å². The maximum Gasteiger partial charge on any atom is 0.302 e. The van der Waals surface area contributed by atoms with E-state index in [1.54, 1.807) is 0 Å². The van der Waals surface area contributed by atoms with Crippen LogP contribution in [0.25, 0.3) is 0 Å². The van der Waals surface area contributed by atoms with Crippen molar-refractivity contribution in [3.8, 4) is 0 Å². The van der Waals surface area contributed by atoms with Gasteiger partial charge in [0.1, 0.15) is 55.4 Å². The summed E-state index contributed by atoms with van der Waals surface area (Å²) >= 11 is 0. The topological polar surface area (TPSA) is 185 Å². The Morgan fingerprint density at radius 2 is 1.30 bits per heavy atom. The highest BCUT2D eigenvalue weighted by molar-refractivity contribution is 5.65. The first-order valence-electron chi connectivity index (χ1n) is 14.9. The van der Waals surface area contributed by atoms with Crippen LogP contribution in [-0.2, 0) is 28.5 Å². The fraction of sp³-hybridized carbons (Fsp3) is 0.964. The molecule has 236 valence electrons. The predicted molar refractivity (Wildman–Crippen MR) is 143 cm³/mol. The third-order valence-electron chi connectivity index (χ3n) is 7.57. The van der Waals surface area contributed by atoms with Crippen LogP contribution in [0.2, 0.25) is 0 Å². The molecule has 0 amide bonds. The zero-order chi connectivity index (χ0) is 29.7. The van der Waals surface area contributed by atoms with E-state index in [9.17, 15) is 35.4 Å². The van der Waals surface area contributed by atoms with Crippen LogP contribution in [0.4, 0.5) is 0 Å². The van der Waals surface area contributed by atoms with Crippen molar-refractivity contribution in [1.29, 1.82) is 0 Å². The van der Waals surface area contributed by atoms with Crippen LogP contribution in [-0.4, -0.2) is 117 Å². The average Bonchev–Trinajstić information content (AvgIpc) is 2.92. The molecule has 0 aromatic carbocycles. The minimum Gasteiger partial charge on any atom is -0.463 e. The molecule has 0 saturated carbocycles. The number of esters is 1. The Hall–Kier alpha value is -0.930. The molecule has 0 aromatic rings.